The van der Waals surface area contributed by atoms with E-state index in [0.29, 0.717) is 17.8 Å². The van der Waals surface area contributed by atoms with Crippen molar-refractivity contribution in [1.82, 2.24) is 15.2 Å². The van der Waals surface area contributed by atoms with Crippen molar-refractivity contribution in [2.75, 3.05) is 0 Å². The predicted molar refractivity (Wildman–Crippen MR) is 229 cm³/mol. The summed E-state index contributed by atoms with van der Waals surface area (Å²) >= 11 is 0. The minimum atomic E-state index is -0.108. The molecular weight excluding hydrogens is 685 g/mol. The van der Waals surface area contributed by atoms with E-state index in [0.717, 1.165) is 63.0 Å². The first-order chi connectivity index (χ1) is 27.8. The van der Waals surface area contributed by atoms with E-state index >= 15 is 0 Å². The Bertz CT molecular complexity index is 2390. The minimum absolute atomic E-state index is 0.0920. The number of aliphatic imine (C=N–C) groups is 1. The normalized spacial score (nSPS) is 29.5. The molecule has 0 saturated heterocycles. The monoisotopic (exact) mass is 736 g/mol. The van der Waals surface area contributed by atoms with Crippen LogP contribution in [0.2, 0.25) is 0 Å². The maximum atomic E-state index is 7.07. The molecule has 0 bridgehead atoms. The van der Waals surface area contributed by atoms with Crippen molar-refractivity contribution >= 4 is 22.5 Å². The van der Waals surface area contributed by atoms with Gasteiger partial charge in [-0.05, 0) is 130 Å². The topological polar surface area (TPSA) is 50.6 Å². The molecule has 2 N–H and O–H groups in total. The smallest absolute Gasteiger partial charge is 0.131 e. The summed E-state index contributed by atoms with van der Waals surface area (Å²) in [4.78, 5) is 5.56. The first kappa shape index (κ1) is 34.1. The Morgan fingerprint density at radius 2 is 1.68 bits per heavy atom. The Labute approximate surface area is 331 Å². The highest BCUT2D eigenvalue weighted by molar-refractivity contribution is 6.02. The molecule has 56 heavy (non-hydrogen) atoms. The molecule has 0 fully saturated rings. The van der Waals surface area contributed by atoms with Gasteiger partial charge in [0.15, 0.2) is 0 Å². The van der Waals surface area contributed by atoms with Gasteiger partial charge < -0.3 is 14.6 Å². The molecule has 0 saturated carbocycles. The van der Waals surface area contributed by atoms with Crippen LogP contribution in [0.4, 0.5) is 0 Å². The second-order valence-corrected chi connectivity index (χ2v) is 16.9. The van der Waals surface area contributed by atoms with Crippen LogP contribution in [0.1, 0.15) is 81.9 Å². The summed E-state index contributed by atoms with van der Waals surface area (Å²) in [7, 11) is 0. The van der Waals surface area contributed by atoms with E-state index in [9.17, 15) is 0 Å². The molecule has 6 unspecified atom stereocenters. The molecule has 0 amide bonds. The van der Waals surface area contributed by atoms with Crippen molar-refractivity contribution in [1.29, 1.82) is 0 Å². The van der Waals surface area contributed by atoms with Crippen molar-refractivity contribution in [3.8, 4) is 5.69 Å². The quantitative estimate of drug-likeness (QED) is 0.248. The van der Waals surface area contributed by atoms with Crippen molar-refractivity contribution in [3.63, 3.8) is 0 Å². The average molecular weight is 737 g/mol. The van der Waals surface area contributed by atoms with Crippen molar-refractivity contribution in [2.45, 2.75) is 95.5 Å². The minimum Gasteiger partial charge on any atom is -0.485 e. The fraction of sp³-hybridized carbons (Fsp3) is 0.353. The molecule has 6 atom stereocenters. The highest BCUT2D eigenvalue weighted by Gasteiger charge is 2.44. The van der Waals surface area contributed by atoms with Crippen LogP contribution in [-0.4, -0.2) is 28.8 Å². The number of nitrogens with zero attached hydrogens (tertiary/aromatic N) is 2. The van der Waals surface area contributed by atoms with Crippen LogP contribution < -0.4 is 10.6 Å². The van der Waals surface area contributed by atoms with Gasteiger partial charge in [0, 0.05) is 39.7 Å². The highest BCUT2D eigenvalue weighted by Crippen LogP contribution is 2.52. The van der Waals surface area contributed by atoms with Crippen LogP contribution in [0.25, 0.3) is 22.3 Å². The first-order valence-electron chi connectivity index (χ1n) is 21.5. The Morgan fingerprint density at radius 3 is 2.54 bits per heavy atom. The number of rotatable bonds is 6. The van der Waals surface area contributed by atoms with Gasteiger partial charge in [0.25, 0.3) is 0 Å². The van der Waals surface area contributed by atoms with Gasteiger partial charge in [-0.25, -0.2) is 4.99 Å². The van der Waals surface area contributed by atoms with Crippen LogP contribution in [0.15, 0.2) is 160 Å². The number of amidine groups is 1. The van der Waals surface area contributed by atoms with Gasteiger partial charge >= 0.3 is 0 Å². The molecule has 5 heteroatoms. The van der Waals surface area contributed by atoms with Gasteiger partial charge in [-0.2, -0.15) is 0 Å². The number of allylic oxidation sites excluding steroid dienone is 10. The van der Waals surface area contributed by atoms with Gasteiger partial charge in [-0.3, -0.25) is 5.32 Å². The largest absolute Gasteiger partial charge is 0.485 e. The van der Waals surface area contributed by atoms with Gasteiger partial charge in [-0.15, -0.1) is 0 Å². The maximum absolute atomic E-state index is 7.07. The van der Waals surface area contributed by atoms with Gasteiger partial charge in [0.2, 0.25) is 0 Å². The third-order valence-electron chi connectivity index (χ3n) is 13.7. The maximum Gasteiger partial charge on any atom is 0.131 e. The molecule has 2 aromatic carbocycles. The van der Waals surface area contributed by atoms with E-state index < -0.39 is 0 Å². The van der Waals surface area contributed by atoms with E-state index in [2.05, 4.69) is 137 Å². The number of nitrogens with one attached hydrogen (secondary N) is 2. The third-order valence-corrected chi connectivity index (χ3v) is 13.7. The molecule has 3 heterocycles. The number of hydrogen-bond acceptors (Lipinski definition) is 4. The molecule has 8 aliphatic rings. The van der Waals surface area contributed by atoms with Crippen LogP contribution in [-0.2, 0) is 11.2 Å². The summed E-state index contributed by atoms with van der Waals surface area (Å²) in [5.74, 6) is 3.29. The summed E-state index contributed by atoms with van der Waals surface area (Å²) in [6.45, 7) is 0. The Hall–Kier alpha value is -5.13. The van der Waals surface area contributed by atoms with Crippen LogP contribution in [0, 0.1) is 17.8 Å². The molecule has 2 aliphatic heterocycles. The Morgan fingerprint density at radius 1 is 0.768 bits per heavy atom. The molecule has 6 aliphatic carbocycles. The number of para-hydroxylation sites is 2. The van der Waals surface area contributed by atoms with Crippen molar-refractivity contribution in [3.05, 3.63) is 166 Å². The van der Waals surface area contributed by atoms with E-state index in [1.54, 1.807) is 11.1 Å². The zero-order valence-electron chi connectivity index (χ0n) is 32.3. The fourth-order valence-electron chi connectivity index (χ4n) is 10.9. The summed E-state index contributed by atoms with van der Waals surface area (Å²) in [5.41, 5.74) is 14.0. The van der Waals surface area contributed by atoms with E-state index in [4.69, 9.17) is 9.73 Å². The number of ether oxygens (including phenoxy) is 1. The van der Waals surface area contributed by atoms with Gasteiger partial charge in [-0.1, -0.05) is 103 Å². The molecule has 282 valence electrons. The predicted octanol–water partition coefficient (Wildman–Crippen LogP) is 11.0. The number of fused-ring (bicyclic) bond motifs is 6. The Balaban J connectivity index is 0.985. The molecule has 3 aromatic rings. The van der Waals surface area contributed by atoms with Crippen LogP contribution in [0.3, 0.4) is 0 Å². The standard InChI is InChI=1S/C51H52N4O/c1-5-15-33(16-6-1)36-25-27-39(43(31-36)51-53-49(34-17-7-2-8-18-34)52-50(54-51)35-19-9-3-10-20-35)37-26-30-46-42(32-37)40-28-29-45-47(48(40)56-46)41-23-13-14-24-44(41)55(45)38-21-11-4-12-22-38/h2,4,7-9,11-15,17,19-24,26,30-31,34,37,42,46,49,51,53H,1,3,5-6,10,16,18,25,27-29,32H2,(H,52,54). The van der Waals surface area contributed by atoms with Crippen LogP contribution in [0.5, 0.6) is 0 Å². The SMILES string of the molecule is C1=CCC(C2NC(C3=CCCC=C3)=NC(C3=C(C4C=CC5OC6=C(CCc7c6c6ccccc6n7-c6ccccc6)C5C4)CCC(C4=CCCCC4)=C3)N2)C=C1. The lowest BCUT2D eigenvalue weighted by atomic mass is 9.72. The lowest BCUT2D eigenvalue weighted by molar-refractivity contribution is 0.178. The van der Waals surface area contributed by atoms with Gasteiger partial charge in [0.1, 0.15) is 23.9 Å². The second-order valence-electron chi connectivity index (χ2n) is 16.9. The zero-order valence-corrected chi connectivity index (χ0v) is 32.3. The molecule has 11 rings (SSSR count). The molecule has 1 aromatic heterocycles. The van der Waals surface area contributed by atoms with Crippen molar-refractivity contribution < 1.29 is 4.74 Å². The van der Waals surface area contributed by atoms with Crippen LogP contribution >= 0.6 is 0 Å². The zero-order chi connectivity index (χ0) is 37.0. The van der Waals surface area contributed by atoms with E-state index in [1.165, 1.54) is 75.8 Å². The summed E-state index contributed by atoms with van der Waals surface area (Å²) < 4.78 is 9.55. The summed E-state index contributed by atoms with van der Waals surface area (Å²) in [5, 5.41) is 9.24. The lowest BCUT2D eigenvalue weighted by Crippen LogP contribution is -2.58. The van der Waals surface area contributed by atoms with E-state index in [1.807, 2.05) is 0 Å². The summed E-state index contributed by atoms with van der Waals surface area (Å²) in [6, 6.07) is 19.8. The third kappa shape index (κ3) is 5.98. The highest BCUT2D eigenvalue weighted by atomic mass is 16.5. The number of aromatic nitrogens is 1. The summed E-state index contributed by atoms with van der Waals surface area (Å²) in [6.07, 6.45) is 39.7. The van der Waals surface area contributed by atoms with Gasteiger partial charge in [0.05, 0.1) is 11.7 Å². The van der Waals surface area contributed by atoms with Crippen molar-refractivity contribution in [2.24, 2.45) is 22.7 Å². The van der Waals surface area contributed by atoms with E-state index in [-0.39, 0.29) is 18.4 Å². The number of hydrogen-bond donors (Lipinski definition) is 2. The Kier molecular flexibility index (Phi) is 8.79. The molecule has 0 spiro atoms. The molecule has 5 nitrogen and oxygen atoms in total. The average Bonchev–Trinajstić information content (AvgIpc) is 3.83. The lowest BCUT2D eigenvalue weighted by Gasteiger charge is -2.39. The first-order valence-corrected chi connectivity index (χ1v) is 21.5. The molecular formula is C51H52N4O. The second kappa shape index (κ2) is 14.4. The molecule has 0 radical (unpaired) electrons. The fourth-order valence-corrected chi connectivity index (χ4v) is 10.9. The number of benzene rings is 2.